The van der Waals surface area contributed by atoms with Gasteiger partial charge < -0.3 is 14.2 Å². The lowest BCUT2D eigenvalue weighted by molar-refractivity contribution is -0.385. The molecule has 0 saturated heterocycles. The molecule has 0 aliphatic rings. The van der Waals surface area contributed by atoms with Crippen molar-refractivity contribution in [3.05, 3.63) is 34.9 Å². The fourth-order valence-corrected chi connectivity index (χ4v) is 1.05. The van der Waals surface area contributed by atoms with Crippen LogP contribution in [0.4, 0.5) is 5.69 Å². The number of methoxy groups -OCH3 is 1. The van der Waals surface area contributed by atoms with E-state index in [2.05, 4.69) is 0 Å². The summed E-state index contributed by atoms with van der Waals surface area (Å²) < 4.78 is 15.1. The van der Waals surface area contributed by atoms with Crippen molar-refractivity contribution in [1.82, 2.24) is 0 Å². The minimum Gasteiger partial charge on any atom is -0.493 e. The second-order valence-electron chi connectivity index (χ2n) is 2.76. The zero-order valence-corrected chi connectivity index (χ0v) is 9.00. The molecule has 1 aromatic carbocycles. The molecule has 0 N–H and O–H groups in total. The Hall–Kier alpha value is -1.82. The Morgan fingerprint density at radius 3 is 2.75 bits per heavy atom. The summed E-state index contributed by atoms with van der Waals surface area (Å²) in [5.74, 6) is 0.698. The Morgan fingerprint density at radius 1 is 1.44 bits per heavy atom. The molecular weight excluding hydrogens is 214 g/mol. The quantitative estimate of drug-likeness (QED) is 0.321. The zero-order valence-electron chi connectivity index (χ0n) is 9.00. The van der Waals surface area contributed by atoms with E-state index < -0.39 is 4.92 Å². The van der Waals surface area contributed by atoms with Crippen molar-refractivity contribution in [2.24, 2.45) is 0 Å². The summed E-state index contributed by atoms with van der Waals surface area (Å²) in [7, 11) is 1.42. The Bertz CT molecular complexity index is 366. The smallest absolute Gasteiger partial charge is 0.273 e. The molecule has 0 aliphatic carbocycles. The highest BCUT2D eigenvalue weighted by atomic mass is 16.7. The van der Waals surface area contributed by atoms with E-state index in [1.54, 1.807) is 6.92 Å². The molecule has 0 saturated carbocycles. The average molecular weight is 226 g/mol. The summed E-state index contributed by atoms with van der Waals surface area (Å²) in [4.78, 5) is 10.0. The van der Waals surface area contributed by atoms with Crippen LogP contribution in [0.5, 0.6) is 11.5 Å². The molecule has 0 aromatic heterocycles. The summed E-state index contributed by atoms with van der Waals surface area (Å²) >= 11 is 0. The van der Waals surface area contributed by atoms with Gasteiger partial charge in [0, 0.05) is 6.07 Å². The first kappa shape index (κ1) is 12.3. The second-order valence-corrected chi connectivity index (χ2v) is 2.76. The number of rotatable bonds is 6. The van der Waals surface area contributed by atoms with Gasteiger partial charge in [-0.1, -0.05) is 0 Å². The highest BCUT2D eigenvalue weighted by Gasteiger charge is 2.11. The van der Waals surface area contributed by atoms with Gasteiger partial charge in [-0.2, -0.15) is 0 Å². The van der Waals surface area contributed by atoms with Crippen LogP contribution in [0.3, 0.4) is 0 Å². The monoisotopic (exact) mass is 226 g/mol. The standard InChI is InChI=1S/C10H12NO5/c1-3-15-7-16-9-5-4-8(11(12)13)6-10(9)14-2/h3-6H,7H2,1-2H3. The van der Waals surface area contributed by atoms with E-state index in [4.69, 9.17) is 14.2 Å². The van der Waals surface area contributed by atoms with E-state index in [0.29, 0.717) is 11.5 Å². The number of non-ortho nitro benzene ring substituents is 1. The van der Waals surface area contributed by atoms with Crippen LogP contribution in [-0.4, -0.2) is 18.8 Å². The highest BCUT2D eigenvalue weighted by Crippen LogP contribution is 2.30. The molecule has 87 valence electrons. The van der Waals surface area contributed by atoms with Crippen molar-refractivity contribution < 1.29 is 19.1 Å². The van der Waals surface area contributed by atoms with E-state index in [9.17, 15) is 10.1 Å². The van der Waals surface area contributed by atoms with Crippen molar-refractivity contribution in [3.63, 3.8) is 0 Å². The van der Waals surface area contributed by atoms with Crippen LogP contribution in [0.1, 0.15) is 6.92 Å². The number of benzene rings is 1. The predicted octanol–water partition coefficient (Wildman–Crippen LogP) is 2.14. The molecule has 0 amide bonds. The maximum atomic E-state index is 10.5. The summed E-state index contributed by atoms with van der Waals surface area (Å²) in [6.45, 7) is 3.24. The van der Waals surface area contributed by atoms with Gasteiger partial charge in [0.2, 0.25) is 0 Å². The Morgan fingerprint density at radius 2 is 2.19 bits per heavy atom. The third-order valence-corrected chi connectivity index (χ3v) is 1.81. The second kappa shape index (κ2) is 5.92. The number of ether oxygens (including phenoxy) is 3. The normalized spacial score (nSPS) is 9.88. The molecular formula is C10H12NO5. The zero-order chi connectivity index (χ0) is 12.0. The Labute approximate surface area is 92.9 Å². The number of nitro groups is 1. The number of nitrogens with zero attached hydrogens (tertiary/aromatic N) is 1. The minimum atomic E-state index is -0.497. The first-order valence-electron chi connectivity index (χ1n) is 4.53. The van der Waals surface area contributed by atoms with Crippen LogP contribution >= 0.6 is 0 Å². The summed E-state index contributed by atoms with van der Waals surface area (Å²) in [6, 6.07) is 4.11. The molecule has 1 aromatic rings. The van der Waals surface area contributed by atoms with E-state index in [1.807, 2.05) is 0 Å². The van der Waals surface area contributed by atoms with Crippen LogP contribution in [0, 0.1) is 16.7 Å². The molecule has 1 rings (SSSR count). The molecule has 1 radical (unpaired) electrons. The van der Waals surface area contributed by atoms with Crippen molar-refractivity contribution in [1.29, 1.82) is 0 Å². The van der Waals surface area contributed by atoms with Crippen LogP contribution in [0.15, 0.2) is 18.2 Å². The molecule has 6 nitrogen and oxygen atoms in total. The van der Waals surface area contributed by atoms with Crippen LogP contribution in [-0.2, 0) is 4.74 Å². The Kier molecular flexibility index (Phi) is 4.53. The number of hydrogen-bond acceptors (Lipinski definition) is 5. The van der Waals surface area contributed by atoms with Gasteiger partial charge >= 0.3 is 0 Å². The van der Waals surface area contributed by atoms with E-state index in [1.165, 1.54) is 31.9 Å². The van der Waals surface area contributed by atoms with Gasteiger partial charge in [-0.15, -0.1) is 0 Å². The van der Waals surface area contributed by atoms with E-state index in [0.717, 1.165) is 0 Å². The fourth-order valence-electron chi connectivity index (χ4n) is 1.05. The molecule has 0 atom stereocenters. The SMILES string of the molecule is C[CH]OCOc1ccc([N+](=O)[O-])cc1OC. The maximum absolute atomic E-state index is 10.5. The highest BCUT2D eigenvalue weighted by molar-refractivity contribution is 5.48. The minimum absolute atomic E-state index is 0.0324. The maximum Gasteiger partial charge on any atom is 0.273 e. The van der Waals surface area contributed by atoms with Crippen molar-refractivity contribution in [2.75, 3.05) is 13.9 Å². The van der Waals surface area contributed by atoms with Crippen LogP contribution in [0.2, 0.25) is 0 Å². The lowest BCUT2D eigenvalue weighted by Gasteiger charge is -2.09. The molecule has 0 aliphatic heterocycles. The molecule has 6 heteroatoms. The van der Waals surface area contributed by atoms with Gasteiger partial charge in [0.15, 0.2) is 18.3 Å². The van der Waals surface area contributed by atoms with Crippen molar-refractivity contribution in [3.8, 4) is 11.5 Å². The third-order valence-electron chi connectivity index (χ3n) is 1.81. The third kappa shape index (κ3) is 3.09. The van der Waals surface area contributed by atoms with Gasteiger partial charge in [-0.3, -0.25) is 10.1 Å². The van der Waals surface area contributed by atoms with Gasteiger partial charge in [0.1, 0.15) is 0 Å². The Balaban J connectivity index is 2.80. The summed E-state index contributed by atoms with van der Waals surface area (Å²) in [5, 5.41) is 10.5. The molecule has 0 spiro atoms. The fraction of sp³-hybridized carbons (Fsp3) is 0.300. The van der Waals surface area contributed by atoms with Gasteiger partial charge in [0.25, 0.3) is 5.69 Å². The van der Waals surface area contributed by atoms with E-state index in [-0.39, 0.29) is 12.5 Å². The molecule has 0 bridgehead atoms. The van der Waals surface area contributed by atoms with Crippen molar-refractivity contribution in [2.45, 2.75) is 6.92 Å². The van der Waals surface area contributed by atoms with Crippen LogP contribution in [0.25, 0.3) is 0 Å². The largest absolute Gasteiger partial charge is 0.493 e. The van der Waals surface area contributed by atoms with Gasteiger partial charge in [-0.05, 0) is 13.0 Å². The van der Waals surface area contributed by atoms with Crippen molar-refractivity contribution >= 4 is 5.69 Å². The van der Waals surface area contributed by atoms with Gasteiger partial charge in [-0.25, -0.2) is 0 Å². The molecule has 0 fully saturated rings. The first-order valence-corrected chi connectivity index (χ1v) is 4.53. The number of nitro benzene ring substituents is 1. The lowest BCUT2D eigenvalue weighted by atomic mass is 10.3. The van der Waals surface area contributed by atoms with E-state index >= 15 is 0 Å². The predicted molar refractivity (Wildman–Crippen MR) is 56.2 cm³/mol. The number of hydrogen-bond donors (Lipinski definition) is 0. The molecule has 0 unspecified atom stereocenters. The topological polar surface area (TPSA) is 70.8 Å². The summed E-state index contributed by atoms with van der Waals surface area (Å²) in [6.07, 6.45) is 0. The van der Waals surface area contributed by atoms with Crippen LogP contribution < -0.4 is 9.47 Å². The van der Waals surface area contributed by atoms with Gasteiger partial charge in [0.05, 0.1) is 24.7 Å². The summed E-state index contributed by atoms with van der Waals surface area (Å²) in [5.41, 5.74) is -0.0489. The molecule has 16 heavy (non-hydrogen) atoms. The lowest BCUT2D eigenvalue weighted by Crippen LogP contribution is -2.01. The molecule has 0 heterocycles. The first-order chi connectivity index (χ1) is 7.69. The average Bonchev–Trinajstić information content (AvgIpc) is 2.29.